The number of nitrogens with one attached hydrogen (secondary N) is 3. The average molecular weight is 478 g/mol. The average Bonchev–Trinajstić information content (AvgIpc) is 2.71. The van der Waals surface area contributed by atoms with Crippen molar-refractivity contribution in [3.8, 4) is 0 Å². The lowest BCUT2D eigenvalue weighted by atomic mass is 10.0. The quantitative estimate of drug-likeness (QED) is 0.0501. The van der Waals surface area contributed by atoms with Crippen molar-refractivity contribution in [2.24, 2.45) is 28.1 Å². The number of carboxylic acid groups (broad SMARTS) is 1. The van der Waals surface area contributed by atoms with Gasteiger partial charge in [-0.2, -0.15) is 12.6 Å². The molecule has 3 amide bonds. The number of carboxylic acids is 1. The molecule has 0 aromatic heterocycles. The van der Waals surface area contributed by atoms with Crippen molar-refractivity contribution in [3.05, 3.63) is 0 Å². The molecule has 11 N–H and O–H groups in total. The number of aliphatic hydroxyl groups excluding tert-OH is 1. The maximum atomic E-state index is 12.7. The summed E-state index contributed by atoms with van der Waals surface area (Å²) in [4.78, 5) is 52.4. The lowest BCUT2D eigenvalue weighted by Gasteiger charge is -2.25. The Balaban J connectivity index is 5.21. The number of aliphatic imine (C=N–C) groups is 1. The van der Waals surface area contributed by atoms with E-state index in [2.05, 4.69) is 33.6 Å². The Hall–Kier alpha value is -2.58. The predicted octanol–water partition coefficient (Wildman–Crippen LogP) is -3.13. The van der Waals surface area contributed by atoms with Crippen molar-refractivity contribution >= 4 is 42.3 Å². The first-order valence-corrected chi connectivity index (χ1v) is 10.7. The van der Waals surface area contributed by atoms with Gasteiger partial charge in [-0.1, -0.05) is 13.8 Å². The Kier molecular flexibility index (Phi) is 14.0. The first-order chi connectivity index (χ1) is 14.9. The van der Waals surface area contributed by atoms with Crippen LogP contribution in [0.5, 0.6) is 0 Å². The van der Waals surface area contributed by atoms with E-state index >= 15 is 0 Å². The van der Waals surface area contributed by atoms with Crippen molar-refractivity contribution in [2.45, 2.75) is 57.3 Å². The number of thiol groups is 1. The third kappa shape index (κ3) is 11.7. The summed E-state index contributed by atoms with van der Waals surface area (Å²) < 4.78 is 0. The molecule has 13 nitrogen and oxygen atoms in total. The van der Waals surface area contributed by atoms with Gasteiger partial charge in [-0.15, -0.1) is 0 Å². The molecule has 0 aliphatic carbocycles. The fourth-order valence-corrected chi connectivity index (χ4v) is 2.73. The van der Waals surface area contributed by atoms with Gasteiger partial charge in [-0.3, -0.25) is 19.4 Å². The summed E-state index contributed by atoms with van der Waals surface area (Å²) in [5.41, 5.74) is 16.0. The number of aliphatic carboxylic acids is 1. The minimum atomic E-state index is -1.34. The minimum Gasteiger partial charge on any atom is -0.480 e. The van der Waals surface area contributed by atoms with Gasteiger partial charge in [0.05, 0.1) is 12.6 Å². The molecule has 0 radical (unpaired) electrons. The molecule has 0 aliphatic heterocycles. The molecule has 184 valence electrons. The summed E-state index contributed by atoms with van der Waals surface area (Å²) >= 11 is 3.90. The number of carbonyl (C=O) groups excluding carboxylic acids is 3. The fraction of sp³-hybridized carbons (Fsp3) is 0.722. The Labute approximate surface area is 192 Å². The van der Waals surface area contributed by atoms with Gasteiger partial charge in [0.2, 0.25) is 17.7 Å². The van der Waals surface area contributed by atoms with Gasteiger partial charge < -0.3 is 43.4 Å². The second kappa shape index (κ2) is 15.3. The normalized spacial score (nSPS) is 14.6. The Morgan fingerprint density at radius 3 is 1.97 bits per heavy atom. The zero-order chi connectivity index (χ0) is 24.8. The molecule has 0 saturated heterocycles. The minimum absolute atomic E-state index is 0.0315. The summed E-state index contributed by atoms with van der Waals surface area (Å²) in [5.74, 6) is -3.59. The number of hydrogen-bond donors (Lipinski definition) is 9. The predicted molar refractivity (Wildman–Crippen MR) is 122 cm³/mol. The van der Waals surface area contributed by atoms with Crippen LogP contribution in [0.15, 0.2) is 4.99 Å². The standard InChI is InChI=1S/C18H35N7O6S/c1-9(2)6-12(24-16(29)13(7-26)25-14(27)10(19)8-32)15(28)23-11(17(30)31)4-3-5-22-18(20)21/h9-13,26,32H,3-8,19H2,1-2H3,(H,23,28)(H,24,29)(H,25,27)(H,30,31)(H4,20,21,22). The number of hydrogen-bond acceptors (Lipinski definition) is 8. The number of nitrogens with zero attached hydrogens (tertiary/aromatic N) is 1. The SMILES string of the molecule is CC(C)CC(NC(=O)C(CO)NC(=O)C(N)CS)C(=O)NC(CCCN=C(N)N)C(=O)O. The number of carbonyl (C=O) groups is 4. The zero-order valence-corrected chi connectivity index (χ0v) is 19.2. The molecule has 4 atom stereocenters. The number of guanidine groups is 1. The molecule has 0 spiro atoms. The van der Waals surface area contributed by atoms with Crippen LogP contribution in [0.2, 0.25) is 0 Å². The summed E-state index contributed by atoms with van der Waals surface area (Å²) in [6.45, 7) is 3.09. The summed E-state index contributed by atoms with van der Waals surface area (Å²) in [6.07, 6.45) is 0.567. The molecule has 0 fully saturated rings. The fourth-order valence-electron chi connectivity index (χ4n) is 2.56. The van der Waals surface area contributed by atoms with E-state index in [-0.39, 0.29) is 37.0 Å². The van der Waals surface area contributed by atoms with Crippen molar-refractivity contribution in [1.29, 1.82) is 0 Å². The van der Waals surface area contributed by atoms with Crippen LogP contribution in [-0.4, -0.2) is 82.9 Å². The van der Waals surface area contributed by atoms with Crippen molar-refractivity contribution in [3.63, 3.8) is 0 Å². The molecule has 0 bridgehead atoms. The van der Waals surface area contributed by atoms with E-state index in [1.807, 2.05) is 13.8 Å². The highest BCUT2D eigenvalue weighted by molar-refractivity contribution is 7.80. The highest BCUT2D eigenvalue weighted by Crippen LogP contribution is 2.07. The zero-order valence-electron chi connectivity index (χ0n) is 18.3. The molecule has 0 rings (SSSR count). The second-order valence-corrected chi connectivity index (χ2v) is 7.94. The van der Waals surface area contributed by atoms with Crippen LogP contribution in [0.1, 0.15) is 33.1 Å². The van der Waals surface area contributed by atoms with Crippen LogP contribution in [0.4, 0.5) is 0 Å². The van der Waals surface area contributed by atoms with Gasteiger partial charge >= 0.3 is 5.97 Å². The first kappa shape index (κ1) is 29.4. The van der Waals surface area contributed by atoms with E-state index in [0.717, 1.165) is 0 Å². The molecular formula is C18H35N7O6S. The van der Waals surface area contributed by atoms with Crippen molar-refractivity contribution in [1.82, 2.24) is 16.0 Å². The largest absolute Gasteiger partial charge is 0.480 e. The smallest absolute Gasteiger partial charge is 0.326 e. The third-order valence-electron chi connectivity index (χ3n) is 4.25. The highest BCUT2D eigenvalue weighted by atomic mass is 32.1. The maximum absolute atomic E-state index is 12.7. The monoisotopic (exact) mass is 477 g/mol. The van der Waals surface area contributed by atoms with E-state index in [1.54, 1.807) is 0 Å². The molecule has 14 heteroatoms. The van der Waals surface area contributed by atoms with Gasteiger partial charge in [0.1, 0.15) is 18.1 Å². The Morgan fingerprint density at radius 2 is 1.50 bits per heavy atom. The number of nitrogens with two attached hydrogens (primary N) is 3. The molecule has 0 heterocycles. The van der Waals surface area contributed by atoms with E-state index in [1.165, 1.54) is 0 Å². The lowest BCUT2D eigenvalue weighted by molar-refractivity contribution is -0.142. The number of rotatable bonds is 15. The van der Waals surface area contributed by atoms with Gasteiger partial charge in [0.25, 0.3) is 0 Å². The van der Waals surface area contributed by atoms with Gasteiger partial charge in [0.15, 0.2) is 5.96 Å². The maximum Gasteiger partial charge on any atom is 0.326 e. The van der Waals surface area contributed by atoms with Crippen molar-refractivity contribution in [2.75, 3.05) is 18.9 Å². The molecular weight excluding hydrogens is 442 g/mol. The third-order valence-corrected chi connectivity index (χ3v) is 4.64. The van der Waals surface area contributed by atoms with Gasteiger partial charge in [-0.25, -0.2) is 4.79 Å². The highest BCUT2D eigenvalue weighted by Gasteiger charge is 2.30. The van der Waals surface area contributed by atoms with Crippen molar-refractivity contribution < 1.29 is 29.4 Å². The van der Waals surface area contributed by atoms with Crippen LogP contribution in [0.3, 0.4) is 0 Å². The van der Waals surface area contributed by atoms with E-state index < -0.39 is 54.5 Å². The second-order valence-electron chi connectivity index (χ2n) is 7.57. The molecule has 4 unspecified atom stereocenters. The van der Waals surface area contributed by atoms with Crippen LogP contribution in [-0.2, 0) is 19.2 Å². The van der Waals surface area contributed by atoms with E-state index in [0.29, 0.717) is 6.42 Å². The topological polar surface area (TPSA) is 235 Å². The Morgan fingerprint density at radius 1 is 0.969 bits per heavy atom. The Bertz CT molecular complexity index is 672. The van der Waals surface area contributed by atoms with Gasteiger partial charge in [0, 0.05) is 12.3 Å². The van der Waals surface area contributed by atoms with E-state index in [9.17, 15) is 29.4 Å². The molecule has 0 aromatic rings. The van der Waals surface area contributed by atoms with Crippen LogP contribution < -0.4 is 33.2 Å². The summed E-state index contributed by atoms with van der Waals surface area (Å²) in [5, 5.41) is 26.0. The molecule has 0 saturated carbocycles. The summed E-state index contributed by atoms with van der Waals surface area (Å²) in [6, 6.07) is -4.63. The molecule has 32 heavy (non-hydrogen) atoms. The lowest BCUT2D eigenvalue weighted by Crippen LogP contribution is -2.58. The van der Waals surface area contributed by atoms with Crippen LogP contribution in [0.25, 0.3) is 0 Å². The molecule has 0 aliphatic rings. The van der Waals surface area contributed by atoms with E-state index in [4.69, 9.17) is 17.2 Å². The van der Waals surface area contributed by atoms with Crippen LogP contribution >= 0.6 is 12.6 Å². The number of amides is 3. The van der Waals surface area contributed by atoms with Gasteiger partial charge in [-0.05, 0) is 25.2 Å². The van der Waals surface area contributed by atoms with Crippen LogP contribution in [0, 0.1) is 5.92 Å². The first-order valence-electron chi connectivity index (χ1n) is 10.1. The molecule has 0 aromatic carbocycles. The number of aliphatic hydroxyl groups is 1. The summed E-state index contributed by atoms with van der Waals surface area (Å²) in [7, 11) is 0.